The van der Waals surface area contributed by atoms with Crippen LogP contribution in [0.25, 0.3) is 143 Å². The van der Waals surface area contributed by atoms with Crippen LogP contribution in [-0.2, 0) is 0 Å². The molecule has 330 valence electrons. The fraction of sp³-hybridized carbons (Fsp3) is 0. The lowest BCUT2D eigenvalue weighted by Crippen LogP contribution is -1.94. The Morgan fingerprint density at radius 3 is 0.718 bits per heavy atom. The van der Waals surface area contributed by atoms with Gasteiger partial charge in [-0.1, -0.05) is 237 Å². The number of rotatable bonds is 7. The summed E-state index contributed by atoms with van der Waals surface area (Å²) in [6.07, 6.45) is 0. The second-order valence-electron chi connectivity index (χ2n) is 18.8. The van der Waals surface area contributed by atoms with Gasteiger partial charge in [-0.25, -0.2) is 4.39 Å². The Kier molecular flexibility index (Phi) is 9.50. The van der Waals surface area contributed by atoms with Gasteiger partial charge in [0.05, 0.1) is 0 Å². The molecule has 0 heterocycles. The van der Waals surface area contributed by atoms with Gasteiger partial charge in [0.15, 0.2) is 0 Å². The predicted octanol–water partition coefficient (Wildman–Crippen LogP) is 19.9. The van der Waals surface area contributed by atoms with Gasteiger partial charge in [-0.3, -0.25) is 0 Å². The lowest BCUT2D eigenvalue weighted by Gasteiger charge is -2.22. The Morgan fingerprint density at radius 1 is 0.183 bits per heavy atom. The fourth-order valence-electron chi connectivity index (χ4n) is 11.5. The molecule has 0 unspecified atom stereocenters. The van der Waals surface area contributed by atoms with Crippen molar-refractivity contribution in [1.82, 2.24) is 0 Å². The van der Waals surface area contributed by atoms with E-state index in [1.807, 2.05) is 12.1 Å². The molecule has 0 aliphatic heterocycles. The molecule has 1 heteroatoms. The summed E-state index contributed by atoms with van der Waals surface area (Å²) in [6, 6.07) is 93.8. The van der Waals surface area contributed by atoms with Gasteiger partial charge in [-0.05, 0) is 167 Å². The van der Waals surface area contributed by atoms with Crippen molar-refractivity contribution in [2.24, 2.45) is 0 Å². The van der Waals surface area contributed by atoms with Crippen molar-refractivity contribution in [2.75, 3.05) is 0 Å². The van der Waals surface area contributed by atoms with Crippen molar-refractivity contribution in [2.45, 2.75) is 0 Å². The Hall–Kier alpha value is -9.17. The Labute approximate surface area is 411 Å². The summed E-state index contributed by atoms with van der Waals surface area (Å²) in [6.45, 7) is 0. The zero-order valence-electron chi connectivity index (χ0n) is 38.7. The van der Waals surface area contributed by atoms with Crippen LogP contribution in [0.3, 0.4) is 0 Å². The quantitative estimate of drug-likeness (QED) is 0.140. The second kappa shape index (κ2) is 16.5. The molecule has 0 aliphatic carbocycles. The summed E-state index contributed by atoms with van der Waals surface area (Å²) < 4.78 is 14.7. The van der Waals surface area contributed by atoms with Crippen molar-refractivity contribution in [3.8, 4) is 77.9 Å². The standard InChI is InChI=1S/C70H43F/c71-54-36-34-53(35-37-54)68-43-67(52-32-26-49(27-33-52)60-21-9-15-46-12-3-6-18-57(46)60)63-39-38-61-65(50-28-22-47(23-29-50)58-19-7-13-44-10-1-4-16-55(44)58)42-66(62-40-41-64(68)70(63)69(61)62)51-30-24-48(25-31-51)59-20-8-14-45-11-2-5-17-56(45)59/h1-43H. The fourth-order valence-corrected chi connectivity index (χ4v) is 11.5. The van der Waals surface area contributed by atoms with Crippen LogP contribution >= 0.6 is 0 Å². The van der Waals surface area contributed by atoms with Crippen molar-refractivity contribution in [3.63, 3.8) is 0 Å². The minimum Gasteiger partial charge on any atom is -0.207 e. The van der Waals surface area contributed by atoms with Crippen LogP contribution in [0.4, 0.5) is 4.39 Å². The third-order valence-corrected chi connectivity index (χ3v) is 14.9. The van der Waals surface area contributed by atoms with E-state index in [1.54, 1.807) is 12.1 Å². The van der Waals surface area contributed by atoms with Crippen molar-refractivity contribution < 1.29 is 4.39 Å². The molecule has 0 spiro atoms. The van der Waals surface area contributed by atoms with Gasteiger partial charge < -0.3 is 0 Å². The van der Waals surface area contributed by atoms with Gasteiger partial charge in [0.1, 0.15) is 5.82 Å². The summed E-state index contributed by atoms with van der Waals surface area (Å²) in [5.74, 6) is -0.247. The first-order valence-electron chi connectivity index (χ1n) is 24.4. The van der Waals surface area contributed by atoms with Crippen molar-refractivity contribution in [1.29, 1.82) is 0 Å². The van der Waals surface area contributed by atoms with Crippen LogP contribution in [0.2, 0.25) is 0 Å². The van der Waals surface area contributed by atoms with Gasteiger partial charge in [-0.2, -0.15) is 0 Å². The molecule has 0 N–H and O–H groups in total. The topological polar surface area (TPSA) is 0 Å². The molecule has 0 radical (unpaired) electrons. The van der Waals surface area contributed by atoms with E-state index in [9.17, 15) is 4.39 Å². The number of benzene rings is 14. The Morgan fingerprint density at radius 2 is 0.423 bits per heavy atom. The van der Waals surface area contributed by atoms with E-state index in [1.165, 1.54) is 104 Å². The van der Waals surface area contributed by atoms with Crippen molar-refractivity contribution in [3.05, 3.63) is 267 Å². The molecule has 14 aromatic carbocycles. The maximum absolute atomic E-state index is 14.7. The highest BCUT2D eigenvalue weighted by molar-refractivity contribution is 6.32. The molecule has 14 rings (SSSR count). The van der Waals surface area contributed by atoms with Crippen molar-refractivity contribution >= 4 is 64.6 Å². The third kappa shape index (κ3) is 6.81. The SMILES string of the molecule is Fc1ccc(-c2cc(-c3ccc(-c4cccc5ccccc45)cc3)c3ccc4c(-c5ccc(-c6cccc7ccccc67)cc5)cc(-c5ccc(-c6cccc7ccccc67)cc5)c5ccc2c3c54)cc1. The zero-order chi connectivity index (χ0) is 47.0. The van der Waals surface area contributed by atoms with Gasteiger partial charge in [-0.15, -0.1) is 0 Å². The number of halogens is 1. The first-order valence-corrected chi connectivity index (χ1v) is 24.4. The predicted molar refractivity (Wildman–Crippen MR) is 301 cm³/mol. The smallest absolute Gasteiger partial charge is 0.123 e. The van der Waals surface area contributed by atoms with Gasteiger partial charge in [0.2, 0.25) is 0 Å². The summed E-state index contributed by atoms with van der Waals surface area (Å²) in [4.78, 5) is 0. The molecule has 0 saturated heterocycles. The number of hydrogen-bond donors (Lipinski definition) is 0. The van der Waals surface area contributed by atoms with Gasteiger partial charge >= 0.3 is 0 Å². The molecule has 0 fully saturated rings. The minimum absolute atomic E-state index is 0.247. The number of hydrogen-bond acceptors (Lipinski definition) is 0. The highest BCUT2D eigenvalue weighted by Crippen LogP contribution is 2.49. The Bertz CT molecular complexity index is 4200. The zero-order valence-corrected chi connectivity index (χ0v) is 38.7. The minimum atomic E-state index is -0.247. The summed E-state index contributed by atoms with van der Waals surface area (Å²) in [5.41, 5.74) is 16.2. The van der Waals surface area contributed by atoms with Crippen LogP contribution in [-0.4, -0.2) is 0 Å². The van der Waals surface area contributed by atoms with E-state index in [4.69, 9.17) is 0 Å². The molecule has 0 saturated carbocycles. The maximum atomic E-state index is 14.7. The molecule has 0 amide bonds. The lowest BCUT2D eigenvalue weighted by atomic mass is 9.81. The summed E-state index contributed by atoms with van der Waals surface area (Å²) in [5, 5.41) is 14.6. The number of fused-ring (bicyclic) bond motifs is 3. The summed E-state index contributed by atoms with van der Waals surface area (Å²) in [7, 11) is 0. The molecular weight excluding hydrogens is 860 g/mol. The third-order valence-electron chi connectivity index (χ3n) is 14.9. The largest absolute Gasteiger partial charge is 0.207 e. The van der Waals surface area contributed by atoms with Crippen LogP contribution in [0, 0.1) is 5.82 Å². The normalized spacial score (nSPS) is 11.7. The summed E-state index contributed by atoms with van der Waals surface area (Å²) >= 11 is 0. The molecule has 0 aromatic heterocycles. The molecule has 0 aliphatic rings. The molecule has 0 bridgehead atoms. The highest BCUT2D eigenvalue weighted by atomic mass is 19.1. The van der Waals surface area contributed by atoms with E-state index < -0.39 is 0 Å². The average molecular weight is 903 g/mol. The average Bonchev–Trinajstić information content (AvgIpc) is 3.44. The second-order valence-corrected chi connectivity index (χ2v) is 18.8. The van der Waals surface area contributed by atoms with E-state index in [0.717, 1.165) is 38.8 Å². The van der Waals surface area contributed by atoms with E-state index in [0.29, 0.717) is 0 Å². The highest BCUT2D eigenvalue weighted by Gasteiger charge is 2.22. The monoisotopic (exact) mass is 902 g/mol. The molecule has 14 aromatic rings. The van der Waals surface area contributed by atoms with Crippen LogP contribution in [0.1, 0.15) is 0 Å². The first kappa shape index (κ1) is 40.9. The van der Waals surface area contributed by atoms with Crippen LogP contribution < -0.4 is 0 Å². The molecule has 0 nitrogen and oxygen atoms in total. The van der Waals surface area contributed by atoms with Crippen LogP contribution in [0.5, 0.6) is 0 Å². The maximum Gasteiger partial charge on any atom is 0.123 e. The molecule has 0 atom stereocenters. The van der Waals surface area contributed by atoms with Crippen LogP contribution in [0.15, 0.2) is 261 Å². The lowest BCUT2D eigenvalue weighted by molar-refractivity contribution is 0.628. The molecule has 71 heavy (non-hydrogen) atoms. The van der Waals surface area contributed by atoms with Gasteiger partial charge in [0.25, 0.3) is 0 Å². The van der Waals surface area contributed by atoms with Gasteiger partial charge in [0, 0.05) is 0 Å². The molecular formula is C70H43F. The first-order chi connectivity index (χ1) is 35.1. The van der Waals surface area contributed by atoms with E-state index in [2.05, 4.69) is 237 Å². The Balaban J connectivity index is 1.00. The van der Waals surface area contributed by atoms with E-state index >= 15 is 0 Å². The van der Waals surface area contributed by atoms with E-state index in [-0.39, 0.29) is 5.82 Å².